The molecule has 0 bridgehead atoms. The maximum absolute atomic E-state index is 6.23. The van der Waals surface area contributed by atoms with Crippen molar-refractivity contribution < 1.29 is 4.74 Å². The van der Waals surface area contributed by atoms with Gasteiger partial charge in [-0.05, 0) is 64.0 Å². The fraction of sp³-hybridized carbons (Fsp3) is 1.00. The van der Waals surface area contributed by atoms with Crippen molar-refractivity contribution in [2.24, 2.45) is 11.7 Å². The lowest BCUT2D eigenvalue weighted by atomic mass is 9.78. The lowest BCUT2D eigenvalue weighted by Crippen LogP contribution is -2.57. The summed E-state index contributed by atoms with van der Waals surface area (Å²) in [6.07, 6.45) is 12.2. The molecule has 0 amide bonds. The summed E-state index contributed by atoms with van der Waals surface area (Å²) in [6.45, 7) is 5.60. The standard InChI is InChI=1S/C17H34N2O/c1-3-6-15-7-5-11-19(12-9-15)17(14-18)10-4-8-16(13-17)20-2/h15-16H,3-14,18H2,1-2H3. The van der Waals surface area contributed by atoms with Crippen LogP contribution in [0.25, 0.3) is 0 Å². The van der Waals surface area contributed by atoms with Gasteiger partial charge in [0.05, 0.1) is 6.10 Å². The molecule has 3 heteroatoms. The third kappa shape index (κ3) is 3.75. The van der Waals surface area contributed by atoms with E-state index < -0.39 is 0 Å². The van der Waals surface area contributed by atoms with Crippen LogP contribution in [0.4, 0.5) is 0 Å². The summed E-state index contributed by atoms with van der Waals surface area (Å²) in [6, 6.07) is 0. The molecule has 2 rings (SSSR count). The summed E-state index contributed by atoms with van der Waals surface area (Å²) in [5, 5.41) is 0. The van der Waals surface area contributed by atoms with Gasteiger partial charge in [-0.3, -0.25) is 4.90 Å². The van der Waals surface area contributed by atoms with Crippen LogP contribution in [0.2, 0.25) is 0 Å². The van der Waals surface area contributed by atoms with Crippen LogP contribution in [-0.2, 0) is 4.74 Å². The van der Waals surface area contributed by atoms with Gasteiger partial charge in [0.25, 0.3) is 0 Å². The maximum Gasteiger partial charge on any atom is 0.0589 e. The first kappa shape index (κ1) is 16.3. The molecule has 1 aliphatic heterocycles. The van der Waals surface area contributed by atoms with Crippen molar-refractivity contribution in [1.82, 2.24) is 4.90 Å². The highest BCUT2D eigenvalue weighted by Crippen LogP contribution is 2.36. The van der Waals surface area contributed by atoms with Crippen LogP contribution in [0.3, 0.4) is 0 Å². The molecule has 2 fully saturated rings. The van der Waals surface area contributed by atoms with E-state index in [9.17, 15) is 0 Å². The number of ether oxygens (including phenoxy) is 1. The Kier molecular flexibility index (Phi) is 6.31. The Morgan fingerprint density at radius 1 is 1.20 bits per heavy atom. The second-order valence-electron chi connectivity index (χ2n) is 6.96. The van der Waals surface area contributed by atoms with Crippen molar-refractivity contribution in [1.29, 1.82) is 0 Å². The molecule has 0 aromatic rings. The van der Waals surface area contributed by atoms with E-state index in [0.29, 0.717) is 6.10 Å². The molecule has 0 radical (unpaired) electrons. The van der Waals surface area contributed by atoms with Crippen molar-refractivity contribution in [3.05, 3.63) is 0 Å². The second-order valence-corrected chi connectivity index (χ2v) is 6.96. The van der Waals surface area contributed by atoms with E-state index in [1.54, 1.807) is 0 Å². The largest absolute Gasteiger partial charge is 0.381 e. The third-order valence-corrected chi connectivity index (χ3v) is 5.70. The third-order valence-electron chi connectivity index (χ3n) is 5.70. The van der Waals surface area contributed by atoms with Gasteiger partial charge in [-0.1, -0.05) is 19.8 Å². The predicted molar refractivity (Wildman–Crippen MR) is 84.9 cm³/mol. The summed E-state index contributed by atoms with van der Waals surface area (Å²) in [4.78, 5) is 2.73. The molecule has 0 aromatic heterocycles. The Balaban J connectivity index is 1.99. The number of rotatable bonds is 5. The Hall–Kier alpha value is -0.120. The van der Waals surface area contributed by atoms with Crippen molar-refractivity contribution in [2.75, 3.05) is 26.7 Å². The molecule has 1 saturated carbocycles. The Morgan fingerprint density at radius 2 is 2.05 bits per heavy atom. The minimum absolute atomic E-state index is 0.222. The molecule has 3 atom stereocenters. The van der Waals surface area contributed by atoms with E-state index >= 15 is 0 Å². The highest BCUT2D eigenvalue weighted by Gasteiger charge is 2.40. The van der Waals surface area contributed by atoms with E-state index in [2.05, 4.69) is 11.8 Å². The molecule has 1 saturated heterocycles. The molecular formula is C17H34N2O. The number of likely N-dealkylation sites (tertiary alicyclic amines) is 1. The lowest BCUT2D eigenvalue weighted by molar-refractivity contribution is -0.0212. The van der Waals surface area contributed by atoms with Gasteiger partial charge < -0.3 is 10.5 Å². The SMILES string of the molecule is CCCC1CCCN(C2(CN)CCCC(OC)C2)CC1. The van der Waals surface area contributed by atoms with Gasteiger partial charge in [-0.2, -0.15) is 0 Å². The summed E-state index contributed by atoms with van der Waals surface area (Å²) in [5.74, 6) is 0.946. The Morgan fingerprint density at radius 3 is 2.75 bits per heavy atom. The van der Waals surface area contributed by atoms with E-state index in [1.807, 2.05) is 7.11 Å². The molecule has 1 aliphatic carbocycles. The van der Waals surface area contributed by atoms with Crippen LogP contribution in [0.15, 0.2) is 0 Å². The molecular weight excluding hydrogens is 248 g/mol. The number of hydrogen-bond donors (Lipinski definition) is 1. The van der Waals surface area contributed by atoms with Gasteiger partial charge in [0, 0.05) is 19.2 Å². The monoisotopic (exact) mass is 282 g/mol. The fourth-order valence-corrected chi connectivity index (χ4v) is 4.43. The van der Waals surface area contributed by atoms with Gasteiger partial charge >= 0.3 is 0 Å². The zero-order valence-electron chi connectivity index (χ0n) is 13.6. The highest BCUT2D eigenvalue weighted by molar-refractivity contribution is 4.98. The smallest absolute Gasteiger partial charge is 0.0589 e. The van der Waals surface area contributed by atoms with E-state index in [4.69, 9.17) is 10.5 Å². The Labute approximate surface area is 125 Å². The first-order chi connectivity index (χ1) is 9.74. The average molecular weight is 282 g/mol. The summed E-state index contributed by atoms with van der Waals surface area (Å²) in [7, 11) is 1.86. The van der Waals surface area contributed by atoms with Crippen molar-refractivity contribution >= 4 is 0 Å². The van der Waals surface area contributed by atoms with Crippen LogP contribution in [-0.4, -0.2) is 43.3 Å². The summed E-state index contributed by atoms with van der Waals surface area (Å²) in [5.41, 5.74) is 6.46. The second kappa shape index (κ2) is 7.77. The lowest BCUT2D eigenvalue weighted by Gasteiger charge is -2.47. The zero-order valence-corrected chi connectivity index (χ0v) is 13.6. The number of methoxy groups -OCH3 is 1. The van der Waals surface area contributed by atoms with Crippen molar-refractivity contribution in [3.63, 3.8) is 0 Å². The number of nitrogens with two attached hydrogens (primary N) is 1. The average Bonchev–Trinajstić information content (AvgIpc) is 2.73. The minimum atomic E-state index is 0.222. The minimum Gasteiger partial charge on any atom is -0.381 e. The van der Waals surface area contributed by atoms with Gasteiger partial charge in [-0.25, -0.2) is 0 Å². The van der Waals surface area contributed by atoms with Crippen LogP contribution in [0.1, 0.15) is 64.7 Å². The van der Waals surface area contributed by atoms with E-state index in [1.165, 1.54) is 64.5 Å². The van der Waals surface area contributed by atoms with Crippen LogP contribution in [0.5, 0.6) is 0 Å². The van der Waals surface area contributed by atoms with E-state index in [0.717, 1.165) is 18.9 Å². The molecule has 2 N–H and O–H groups in total. The zero-order chi connectivity index (χ0) is 14.4. The van der Waals surface area contributed by atoms with Gasteiger partial charge in [0.15, 0.2) is 0 Å². The number of nitrogens with zero attached hydrogens (tertiary/aromatic N) is 1. The van der Waals surface area contributed by atoms with Gasteiger partial charge in [-0.15, -0.1) is 0 Å². The molecule has 0 spiro atoms. The van der Waals surface area contributed by atoms with Crippen LogP contribution >= 0.6 is 0 Å². The number of hydrogen-bond acceptors (Lipinski definition) is 3. The first-order valence-electron chi connectivity index (χ1n) is 8.72. The van der Waals surface area contributed by atoms with Gasteiger partial charge in [0.1, 0.15) is 0 Å². The van der Waals surface area contributed by atoms with Crippen molar-refractivity contribution in [3.8, 4) is 0 Å². The molecule has 3 nitrogen and oxygen atoms in total. The topological polar surface area (TPSA) is 38.5 Å². The highest BCUT2D eigenvalue weighted by atomic mass is 16.5. The normalized spacial score (nSPS) is 36.8. The molecule has 118 valence electrons. The van der Waals surface area contributed by atoms with Crippen molar-refractivity contribution in [2.45, 2.75) is 76.4 Å². The predicted octanol–water partition coefficient (Wildman–Crippen LogP) is 3.18. The molecule has 1 heterocycles. The molecule has 2 aliphatic rings. The quantitative estimate of drug-likeness (QED) is 0.841. The molecule has 20 heavy (non-hydrogen) atoms. The Bertz CT molecular complexity index is 284. The molecule has 0 aromatic carbocycles. The fourth-order valence-electron chi connectivity index (χ4n) is 4.43. The van der Waals surface area contributed by atoms with Crippen LogP contribution < -0.4 is 5.73 Å². The maximum atomic E-state index is 6.23. The first-order valence-corrected chi connectivity index (χ1v) is 8.72. The van der Waals surface area contributed by atoms with Gasteiger partial charge in [0.2, 0.25) is 0 Å². The van der Waals surface area contributed by atoms with E-state index in [-0.39, 0.29) is 5.54 Å². The summed E-state index contributed by atoms with van der Waals surface area (Å²) >= 11 is 0. The van der Waals surface area contributed by atoms with Crippen LogP contribution in [0, 0.1) is 5.92 Å². The molecule has 3 unspecified atom stereocenters. The summed E-state index contributed by atoms with van der Waals surface area (Å²) < 4.78 is 5.65.